The van der Waals surface area contributed by atoms with Gasteiger partial charge in [-0.1, -0.05) is 37.3 Å². The molecule has 0 N–H and O–H groups in total. The molecule has 0 amide bonds. The van der Waals surface area contributed by atoms with Crippen LogP contribution in [-0.4, -0.2) is 15.2 Å². The van der Waals surface area contributed by atoms with Gasteiger partial charge in [-0.05, 0) is 13.3 Å². The Morgan fingerprint density at radius 2 is 1.80 bits per heavy atom. The van der Waals surface area contributed by atoms with Crippen LogP contribution in [0.2, 0.25) is 0 Å². The zero-order valence-corrected chi connectivity index (χ0v) is 8.94. The van der Waals surface area contributed by atoms with Crippen molar-refractivity contribution >= 4 is 0 Å². The predicted octanol–water partition coefficient (Wildman–Crippen LogP) is 2.41. The Balaban J connectivity index is 2.46. The molecule has 0 unspecified atom stereocenters. The zero-order valence-electron chi connectivity index (χ0n) is 8.94. The maximum Gasteiger partial charge on any atom is 0.182 e. The summed E-state index contributed by atoms with van der Waals surface area (Å²) >= 11 is 0. The molecule has 3 heteroatoms. The van der Waals surface area contributed by atoms with Crippen LogP contribution in [0.1, 0.15) is 18.3 Å². The molecule has 0 aliphatic heterocycles. The lowest BCUT2D eigenvalue weighted by Crippen LogP contribution is -2.01. The van der Waals surface area contributed by atoms with Gasteiger partial charge in [0.1, 0.15) is 0 Å². The van der Waals surface area contributed by atoms with Crippen LogP contribution < -0.4 is 0 Å². The van der Waals surface area contributed by atoms with Gasteiger partial charge < -0.3 is 0 Å². The highest BCUT2D eigenvalue weighted by Crippen LogP contribution is 2.14. The van der Waals surface area contributed by atoms with Crippen molar-refractivity contribution in [3.05, 3.63) is 41.7 Å². The van der Waals surface area contributed by atoms with Gasteiger partial charge >= 0.3 is 0 Å². The van der Waals surface area contributed by atoms with Crippen LogP contribution >= 0.6 is 0 Å². The van der Waals surface area contributed by atoms with Crippen LogP contribution in [0.15, 0.2) is 30.3 Å². The highest BCUT2D eigenvalue weighted by atomic mass is 15.2. The predicted molar refractivity (Wildman–Crippen MR) is 59.4 cm³/mol. The monoisotopic (exact) mass is 199 g/mol. The molecule has 0 aliphatic carbocycles. The fourth-order valence-electron chi connectivity index (χ4n) is 1.46. The van der Waals surface area contributed by atoms with E-state index in [4.69, 9.17) is 0 Å². The van der Waals surface area contributed by atoms with E-state index in [2.05, 4.69) is 22.1 Å². The van der Waals surface area contributed by atoms with E-state index < -0.39 is 0 Å². The number of hydrogen-bond donors (Lipinski definition) is 0. The lowest BCUT2D eigenvalue weighted by molar-refractivity contribution is 0.868. The molecule has 0 atom stereocenters. The summed E-state index contributed by atoms with van der Waals surface area (Å²) in [6.07, 6.45) is 0.890. The fraction of sp³-hybridized carbons (Fsp3) is 0.250. The van der Waals surface area contributed by atoms with Gasteiger partial charge in [0.15, 0.2) is 5.82 Å². The van der Waals surface area contributed by atoms with Crippen LogP contribution in [0, 0.1) is 6.92 Å². The molecule has 2 rings (SSSR count). The molecular weight excluding hydrogens is 186 g/mol. The zero-order chi connectivity index (χ0) is 10.7. The van der Waals surface area contributed by atoms with Crippen LogP contribution in [0.3, 0.4) is 0 Å². The summed E-state index contributed by atoms with van der Waals surface area (Å²) in [7, 11) is 0. The minimum atomic E-state index is 0.707. The summed E-state index contributed by atoms with van der Waals surface area (Å²) in [5, 5.41) is 8.21. The molecule has 0 radical (unpaired) electrons. The Labute approximate surface area is 89.2 Å². The van der Waals surface area contributed by atoms with Gasteiger partial charge in [-0.2, -0.15) is 5.10 Å². The molecule has 3 nitrogen and oxygen atoms in total. The third kappa shape index (κ3) is 2.01. The molecule has 0 saturated carbocycles. The normalized spacial score (nSPS) is 10.3. The number of aryl methyl sites for hydroxylation is 2. The molecule has 0 fully saturated rings. The second kappa shape index (κ2) is 4.17. The maximum atomic E-state index is 4.49. The Morgan fingerprint density at radius 3 is 2.47 bits per heavy atom. The van der Waals surface area contributed by atoms with Gasteiger partial charge in [0.25, 0.3) is 0 Å². The SMILES string of the molecule is CCc1nc(-c2ccccc2)nnc1C. The second-order valence-corrected chi connectivity index (χ2v) is 3.39. The number of aromatic nitrogens is 3. The van der Waals surface area contributed by atoms with E-state index in [1.807, 2.05) is 37.3 Å². The lowest BCUT2D eigenvalue weighted by Gasteiger charge is -2.03. The largest absolute Gasteiger partial charge is 0.230 e. The minimum absolute atomic E-state index is 0.707. The first kappa shape index (κ1) is 9.77. The molecule has 1 heterocycles. The molecular formula is C12H13N3. The molecule has 1 aromatic heterocycles. The Morgan fingerprint density at radius 1 is 1.07 bits per heavy atom. The average Bonchev–Trinajstić information content (AvgIpc) is 2.31. The highest BCUT2D eigenvalue weighted by Gasteiger charge is 2.04. The first-order valence-corrected chi connectivity index (χ1v) is 5.07. The summed E-state index contributed by atoms with van der Waals surface area (Å²) in [6.45, 7) is 4.01. The van der Waals surface area contributed by atoms with Gasteiger partial charge in [0.2, 0.25) is 0 Å². The third-order valence-corrected chi connectivity index (χ3v) is 2.32. The number of rotatable bonds is 2. The van der Waals surface area contributed by atoms with Gasteiger partial charge in [-0.3, -0.25) is 0 Å². The van der Waals surface area contributed by atoms with Crippen LogP contribution in [-0.2, 0) is 6.42 Å². The fourth-order valence-corrected chi connectivity index (χ4v) is 1.46. The molecule has 0 aliphatic rings. The van der Waals surface area contributed by atoms with Crippen molar-refractivity contribution in [1.29, 1.82) is 0 Å². The van der Waals surface area contributed by atoms with Gasteiger partial charge in [-0.25, -0.2) is 4.98 Å². The van der Waals surface area contributed by atoms with E-state index in [9.17, 15) is 0 Å². The molecule has 0 bridgehead atoms. The quantitative estimate of drug-likeness (QED) is 0.745. The van der Waals surface area contributed by atoms with Crippen molar-refractivity contribution in [2.24, 2.45) is 0 Å². The van der Waals surface area contributed by atoms with Crippen molar-refractivity contribution in [2.75, 3.05) is 0 Å². The Bertz CT molecular complexity index is 452. The van der Waals surface area contributed by atoms with Crippen molar-refractivity contribution in [2.45, 2.75) is 20.3 Å². The van der Waals surface area contributed by atoms with Crippen LogP contribution in [0.4, 0.5) is 0 Å². The first-order chi connectivity index (χ1) is 7.31. The van der Waals surface area contributed by atoms with Gasteiger partial charge in [-0.15, -0.1) is 5.10 Å². The van der Waals surface area contributed by atoms with E-state index in [1.165, 1.54) is 0 Å². The molecule has 15 heavy (non-hydrogen) atoms. The summed E-state index contributed by atoms with van der Waals surface area (Å²) in [5.41, 5.74) is 2.95. The number of nitrogens with zero attached hydrogens (tertiary/aromatic N) is 3. The van der Waals surface area contributed by atoms with Crippen LogP contribution in [0.25, 0.3) is 11.4 Å². The van der Waals surface area contributed by atoms with E-state index in [-0.39, 0.29) is 0 Å². The highest BCUT2D eigenvalue weighted by molar-refractivity contribution is 5.53. The molecule has 76 valence electrons. The van der Waals surface area contributed by atoms with Gasteiger partial charge in [0.05, 0.1) is 11.4 Å². The number of hydrogen-bond acceptors (Lipinski definition) is 3. The lowest BCUT2D eigenvalue weighted by atomic mass is 10.2. The molecule has 2 aromatic rings. The summed E-state index contributed by atoms with van der Waals surface area (Å²) < 4.78 is 0. The molecule has 1 aromatic carbocycles. The summed E-state index contributed by atoms with van der Waals surface area (Å²) in [6, 6.07) is 9.91. The summed E-state index contributed by atoms with van der Waals surface area (Å²) in [5.74, 6) is 0.707. The first-order valence-electron chi connectivity index (χ1n) is 5.07. The summed E-state index contributed by atoms with van der Waals surface area (Å²) in [4.78, 5) is 4.49. The maximum absolute atomic E-state index is 4.49. The number of benzene rings is 1. The van der Waals surface area contributed by atoms with E-state index >= 15 is 0 Å². The van der Waals surface area contributed by atoms with Crippen molar-refractivity contribution in [3.63, 3.8) is 0 Å². The van der Waals surface area contributed by atoms with Crippen molar-refractivity contribution < 1.29 is 0 Å². The molecule has 0 spiro atoms. The van der Waals surface area contributed by atoms with Crippen molar-refractivity contribution in [3.8, 4) is 11.4 Å². The smallest absolute Gasteiger partial charge is 0.182 e. The van der Waals surface area contributed by atoms with E-state index in [0.29, 0.717) is 5.82 Å². The average molecular weight is 199 g/mol. The topological polar surface area (TPSA) is 38.7 Å². The Kier molecular flexibility index (Phi) is 2.72. The Hall–Kier alpha value is -1.77. The standard InChI is InChI=1S/C12H13N3/c1-3-11-9(2)14-15-12(13-11)10-7-5-4-6-8-10/h4-8H,3H2,1-2H3. The van der Waals surface area contributed by atoms with E-state index in [1.54, 1.807) is 0 Å². The minimum Gasteiger partial charge on any atom is -0.230 e. The van der Waals surface area contributed by atoms with Crippen LogP contribution in [0.5, 0.6) is 0 Å². The molecule has 0 saturated heterocycles. The van der Waals surface area contributed by atoms with Gasteiger partial charge in [0, 0.05) is 5.56 Å². The second-order valence-electron chi connectivity index (χ2n) is 3.39. The van der Waals surface area contributed by atoms with Crippen molar-refractivity contribution in [1.82, 2.24) is 15.2 Å². The third-order valence-electron chi connectivity index (χ3n) is 2.32. The van der Waals surface area contributed by atoms with E-state index in [0.717, 1.165) is 23.4 Å².